The van der Waals surface area contributed by atoms with Crippen molar-refractivity contribution in [1.29, 1.82) is 0 Å². The molecule has 0 fully saturated rings. The highest BCUT2D eigenvalue weighted by Crippen LogP contribution is 2.31. The predicted molar refractivity (Wildman–Crippen MR) is 77.3 cm³/mol. The summed E-state index contributed by atoms with van der Waals surface area (Å²) >= 11 is 3.26. The van der Waals surface area contributed by atoms with Gasteiger partial charge in [0.1, 0.15) is 0 Å². The molecular weight excluding hydrogens is 262 g/mol. The summed E-state index contributed by atoms with van der Waals surface area (Å²) in [7, 11) is 0. The van der Waals surface area contributed by atoms with Crippen LogP contribution >= 0.6 is 22.7 Å². The standard InChI is InChI=1S/C14H13NOS2/c1-9-14(18-8-15-9)12(16)6-10-7-17-13-5-3-2-4-11(10)13/h2-5,7-8,12,16H,6H2,1H3. The number of fused-ring (bicyclic) bond motifs is 1. The van der Waals surface area contributed by atoms with Gasteiger partial charge in [0.25, 0.3) is 0 Å². The summed E-state index contributed by atoms with van der Waals surface area (Å²) in [6.45, 7) is 1.95. The van der Waals surface area contributed by atoms with Crippen molar-refractivity contribution in [1.82, 2.24) is 4.98 Å². The molecule has 4 heteroatoms. The third kappa shape index (κ3) is 2.07. The molecule has 0 aliphatic carbocycles. The summed E-state index contributed by atoms with van der Waals surface area (Å²) in [6, 6.07) is 8.33. The second kappa shape index (κ2) is 4.80. The van der Waals surface area contributed by atoms with E-state index in [2.05, 4.69) is 22.5 Å². The van der Waals surface area contributed by atoms with E-state index >= 15 is 0 Å². The first kappa shape index (κ1) is 11.8. The number of thiophene rings is 1. The largest absolute Gasteiger partial charge is 0.387 e. The Kier molecular flexibility index (Phi) is 3.16. The lowest BCUT2D eigenvalue weighted by molar-refractivity contribution is 0.182. The van der Waals surface area contributed by atoms with Gasteiger partial charge in [-0.05, 0) is 29.3 Å². The molecule has 1 aromatic carbocycles. The number of aliphatic hydroxyl groups excluding tert-OH is 1. The molecule has 2 heterocycles. The van der Waals surface area contributed by atoms with E-state index in [0.29, 0.717) is 6.42 Å². The number of aliphatic hydroxyl groups is 1. The van der Waals surface area contributed by atoms with Crippen molar-refractivity contribution in [3.63, 3.8) is 0 Å². The molecule has 3 aromatic rings. The molecule has 1 atom stereocenters. The number of hydrogen-bond donors (Lipinski definition) is 1. The molecule has 0 saturated heterocycles. The molecule has 92 valence electrons. The second-order valence-corrected chi connectivity index (χ2v) is 6.08. The maximum atomic E-state index is 10.3. The van der Waals surface area contributed by atoms with Crippen LogP contribution in [0.15, 0.2) is 35.2 Å². The van der Waals surface area contributed by atoms with Gasteiger partial charge >= 0.3 is 0 Å². The topological polar surface area (TPSA) is 33.1 Å². The molecule has 0 amide bonds. The molecule has 0 spiro atoms. The van der Waals surface area contributed by atoms with Gasteiger partial charge < -0.3 is 5.11 Å². The number of hydrogen-bond acceptors (Lipinski definition) is 4. The lowest BCUT2D eigenvalue weighted by Crippen LogP contribution is -2.00. The van der Waals surface area contributed by atoms with Crippen LogP contribution in [0.3, 0.4) is 0 Å². The van der Waals surface area contributed by atoms with E-state index in [-0.39, 0.29) is 0 Å². The summed E-state index contributed by atoms with van der Waals surface area (Å²) in [6.07, 6.45) is 0.211. The molecular formula is C14H13NOS2. The SMILES string of the molecule is Cc1ncsc1C(O)Cc1csc2ccccc12. The average molecular weight is 275 g/mol. The maximum absolute atomic E-state index is 10.3. The highest BCUT2D eigenvalue weighted by atomic mass is 32.1. The van der Waals surface area contributed by atoms with Crippen LogP contribution in [0.1, 0.15) is 22.2 Å². The lowest BCUT2D eigenvalue weighted by Gasteiger charge is -2.08. The van der Waals surface area contributed by atoms with E-state index in [4.69, 9.17) is 0 Å². The zero-order valence-corrected chi connectivity index (χ0v) is 11.6. The Morgan fingerprint density at radius 1 is 1.28 bits per heavy atom. The van der Waals surface area contributed by atoms with E-state index in [1.807, 2.05) is 19.1 Å². The first-order valence-corrected chi connectivity index (χ1v) is 7.55. The van der Waals surface area contributed by atoms with Crippen molar-refractivity contribution in [2.75, 3.05) is 0 Å². The Morgan fingerprint density at radius 3 is 2.89 bits per heavy atom. The van der Waals surface area contributed by atoms with E-state index < -0.39 is 6.10 Å². The van der Waals surface area contributed by atoms with Gasteiger partial charge in [-0.1, -0.05) is 18.2 Å². The Bertz CT molecular complexity index is 671. The quantitative estimate of drug-likeness (QED) is 0.785. The Labute approximate surface area is 114 Å². The number of rotatable bonds is 3. The highest BCUT2D eigenvalue weighted by molar-refractivity contribution is 7.17. The van der Waals surface area contributed by atoms with Gasteiger partial charge in [0.05, 0.1) is 22.2 Å². The molecule has 3 rings (SSSR count). The third-order valence-electron chi connectivity index (χ3n) is 3.06. The van der Waals surface area contributed by atoms with Crippen LogP contribution in [0.4, 0.5) is 0 Å². The smallest absolute Gasteiger partial charge is 0.0941 e. The molecule has 2 nitrogen and oxygen atoms in total. The van der Waals surface area contributed by atoms with Crippen molar-refractivity contribution in [3.05, 3.63) is 51.3 Å². The van der Waals surface area contributed by atoms with Crippen LogP contribution in [0.5, 0.6) is 0 Å². The monoisotopic (exact) mass is 275 g/mol. The van der Waals surface area contributed by atoms with Gasteiger partial charge in [-0.3, -0.25) is 0 Å². The van der Waals surface area contributed by atoms with Crippen molar-refractivity contribution in [3.8, 4) is 0 Å². The van der Waals surface area contributed by atoms with Crippen molar-refractivity contribution < 1.29 is 5.11 Å². The number of aromatic nitrogens is 1. The minimum Gasteiger partial charge on any atom is -0.387 e. The Hall–Kier alpha value is -1.23. The van der Waals surface area contributed by atoms with E-state index in [0.717, 1.165) is 10.6 Å². The van der Waals surface area contributed by atoms with Crippen molar-refractivity contribution >= 4 is 32.8 Å². The number of nitrogens with zero attached hydrogens (tertiary/aromatic N) is 1. The number of aryl methyl sites for hydroxylation is 1. The molecule has 0 aliphatic rings. The molecule has 0 saturated carbocycles. The van der Waals surface area contributed by atoms with Gasteiger partial charge in [-0.25, -0.2) is 4.98 Å². The summed E-state index contributed by atoms with van der Waals surface area (Å²) in [5, 5.41) is 13.7. The van der Waals surface area contributed by atoms with Gasteiger partial charge in [-0.2, -0.15) is 0 Å². The van der Waals surface area contributed by atoms with Crippen LogP contribution in [0.25, 0.3) is 10.1 Å². The zero-order valence-electron chi connectivity index (χ0n) is 9.96. The molecule has 18 heavy (non-hydrogen) atoms. The molecule has 1 N–H and O–H groups in total. The van der Waals surface area contributed by atoms with Gasteiger partial charge in [0.15, 0.2) is 0 Å². The fourth-order valence-corrected chi connectivity index (χ4v) is 3.89. The molecule has 0 aliphatic heterocycles. The second-order valence-electron chi connectivity index (χ2n) is 4.28. The van der Waals surface area contributed by atoms with Gasteiger partial charge in [0, 0.05) is 11.1 Å². The lowest BCUT2D eigenvalue weighted by atomic mass is 10.1. The Morgan fingerprint density at radius 2 is 2.11 bits per heavy atom. The summed E-state index contributed by atoms with van der Waals surface area (Å²) in [5.74, 6) is 0. The van der Waals surface area contributed by atoms with Crippen LogP contribution in [-0.4, -0.2) is 10.1 Å². The maximum Gasteiger partial charge on any atom is 0.0941 e. The van der Waals surface area contributed by atoms with Crippen LogP contribution < -0.4 is 0 Å². The molecule has 1 unspecified atom stereocenters. The van der Waals surface area contributed by atoms with Crippen LogP contribution in [0, 0.1) is 6.92 Å². The highest BCUT2D eigenvalue weighted by Gasteiger charge is 2.15. The summed E-state index contributed by atoms with van der Waals surface area (Å²) in [4.78, 5) is 5.17. The van der Waals surface area contributed by atoms with Gasteiger partial charge in [-0.15, -0.1) is 22.7 Å². The third-order valence-corrected chi connectivity index (χ3v) is 5.10. The van der Waals surface area contributed by atoms with Crippen LogP contribution in [0.2, 0.25) is 0 Å². The fraction of sp³-hybridized carbons (Fsp3) is 0.214. The summed E-state index contributed by atoms with van der Waals surface area (Å²) < 4.78 is 1.28. The normalized spacial score (nSPS) is 13.0. The first-order chi connectivity index (χ1) is 8.75. The average Bonchev–Trinajstić information content (AvgIpc) is 2.97. The Balaban J connectivity index is 1.91. The predicted octanol–water partition coefficient (Wildman–Crippen LogP) is 3.94. The number of thiazole rings is 1. The first-order valence-electron chi connectivity index (χ1n) is 5.79. The minimum absolute atomic E-state index is 0.449. The molecule has 0 radical (unpaired) electrons. The fourth-order valence-electron chi connectivity index (χ4n) is 2.12. The van der Waals surface area contributed by atoms with E-state index in [9.17, 15) is 5.11 Å². The van der Waals surface area contributed by atoms with Crippen LogP contribution in [-0.2, 0) is 6.42 Å². The van der Waals surface area contributed by atoms with E-state index in [1.165, 1.54) is 27.0 Å². The molecule has 2 aromatic heterocycles. The van der Waals surface area contributed by atoms with Crippen molar-refractivity contribution in [2.45, 2.75) is 19.4 Å². The number of benzene rings is 1. The summed E-state index contributed by atoms with van der Waals surface area (Å²) in [5.41, 5.74) is 3.95. The molecule has 0 bridgehead atoms. The minimum atomic E-state index is -0.449. The zero-order chi connectivity index (χ0) is 12.5. The van der Waals surface area contributed by atoms with Crippen molar-refractivity contribution in [2.24, 2.45) is 0 Å². The van der Waals surface area contributed by atoms with E-state index in [1.54, 1.807) is 16.8 Å². The van der Waals surface area contributed by atoms with Gasteiger partial charge in [0.2, 0.25) is 0 Å².